The second kappa shape index (κ2) is 13.1. The van der Waals surface area contributed by atoms with Gasteiger partial charge in [-0.05, 0) is 23.6 Å². The lowest BCUT2D eigenvalue weighted by molar-refractivity contribution is -0.688. The minimum atomic E-state index is -1.89. The summed E-state index contributed by atoms with van der Waals surface area (Å²) in [5.74, 6) is -3.32. The SMILES string of the molecule is CC.O=C(Cc1ccc(C[n+]2ccccc2)cc1)N[C@@H](Cc1cccc(C(=O)O)c1O)B(O)O. The number of hydrogen-bond donors (Lipinski definition) is 5. The van der Waals surface area contributed by atoms with Crippen LogP contribution < -0.4 is 9.88 Å². The maximum atomic E-state index is 12.5. The van der Waals surface area contributed by atoms with Crippen molar-refractivity contribution in [1.82, 2.24) is 5.32 Å². The monoisotopic (exact) mass is 465 g/mol. The number of benzene rings is 2. The van der Waals surface area contributed by atoms with Crippen LogP contribution >= 0.6 is 0 Å². The first-order valence-corrected chi connectivity index (χ1v) is 11.0. The van der Waals surface area contributed by atoms with Gasteiger partial charge in [-0.3, -0.25) is 4.79 Å². The molecule has 3 rings (SSSR count). The molecule has 0 saturated heterocycles. The predicted molar refractivity (Wildman–Crippen MR) is 128 cm³/mol. The summed E-state index contributed by atoms with van der Waals surface area (Å²) in [7, 11) is -1.89. The topological polar surface area (TPSA) is 131 Å². The van der Waals surface area contributed by atoms with Gasteiger partial charge in [0.05, 0.1) is 12.4 Å². The molecule has 0 saturated carbocycles. The third-order valence-corrected chi connectivity index (χ3v) is 5.03. The van der Waals surface area contributed by atoms with Gasteiger partial charge in [0, 0.05) is 17.7 Å². The first kappa shape index (κ1) is 26.6. The molecule has 1 heterocycles. The summed E-state index contributed by atoms with van der Waals surface area (Å²) in [5, 5.41) is 41.1. The lowest BCUT2D eigenvalue weighted by Crippen LogP contribution is -2.48. The number of carbonyl (C=O) groups is 2. The van der Waals surface area contributed by atoms with Crippen molar-refractivity contribution in [3.63, 3.8) is 0 Å². The minimum Gasteiger partial charge on any atom is -0.507 e. The van der Waals surface area contributed by atoms with Crippen molar-refractivity contribution in [2.24, 2.45) is 0 Å². The van der Waals surface area contributed by atoms with Gasteiger partial charge < -0.3 is 25.6 Å². The average molecular weight is 465 g/mol. The molecule has 0 fully saturated rings. The molecule has 1 aromatic heterocycles. The Morgan fingerprint density at radius 2 is 1.56 bits per heavy atom. The van der Waals surface area contributed by atoms with Gasteiger partial charge in [-0.15, -0.1) is 0 Å². The Balaban J connectivity index is 0.00000199. The van der Waals surface area contributed by atoms with E-state index in [9.17, 15) is 24.7 Å². The van der Waals surface area contributed by atoms with Gasteiger partial charge in [-0.2, -0.15) is 0 Å². The highest BCUT2D eigenvalue weighted by Crippen LogP contribution is 2.24. The second-order valence-corrected chi connectivity index (χ2v) is 7.45. The molecule has 2 aromatic carbocycles. The highest BCUT2D eigenvalue weighted by Gasteiger charge is 2.27. The average Bonchev–Trinajstić information content (AvgIpc) is 2.83. The molecule has 9 heteroatoms. The summed E-state index contributed by atoms with van der Waals surface area (Å²) >= 11 is 0. The van der Waals surface area contributed by atoms with Crippen molar-refractivity contribution in [2.75, 3.05) is 0 Å². The van der Waals surface area contributed by atoms with Gasteiger partial charge in [0.2, 0.25) is 5.91 Å². The van der Waals surface area contributed by atoms with Gasteiger partial charge in [0.15, 0.2) is 18.9 Å². The van der Waals surface area contributed by atoms with Crippen LogP contribution in [0.3, 0.4) is 0 Å². The zero-order chi connectivity index (χ0) is 25.1. The van der Waals surface area contributed by atoms with Crippen LogP contribution in [0.5, 0.6) is 5.75 Å². The number of para-hydroxylation sites is 1. The summed E-state index contributed by atoms with van der Waals surface area (Å²) < 4.78 is 2.03. The molecule has 0 aliphatic rings. The fourth-order valence-corrected chi connectivity index (χ4v) is 3.35. The molecule has 0 aliphatic heterocycles. The van der Waals surface area contributed by atoms with E-state index in [1.165, 1.54) is 18.2 Å². The maximum absolute atomic E-state index is 12.5. The third kappa shape index (κ3) is 7.72. The summed E-state index contributed by atoms with van der Waals surface area (Å²) in [6, 6.07) is 17.5. The van der Waals surface area contributed by atoms with E-state index in [4.69, 9.17) is 5.11 Å². The zero-order valence-electron chi connectivity index (χ0n) is 19.3. The summed E-state index contributed by atoms with van der Waals surface area (Å²) in [4.78, 5) is 23.6. The van der Waals surface area contributed by atoms with Crippen molar-refractivity contribution in [2.45, 2.75) is 39.2 Å². The van der Waals surface area contributed by atoms with Gasteiger partial charge >= 0.3 is 13.1 Å². The van der Waals surface area contributed by atoms with Crippen LogP contribution in [0, 0.1) is 0 Å². The maximum Gasteiger partial charge on any atom is 0.475 e. The zero-order valence-corrected chi connectivity index (χ0v) is 19.3. The van der Waals surface area contributed by atoms with E-state index in [-0.39, 0.29) is 24.0 Å². The molecule has 0 unspecified atom stereocenters. The van der Waals surface area contributed by atoms with Crippen LogP contribution in [0.25, 0.3) is 0 Å². The molecule has 0 spiro atoms. The number of amides is 1. The Labute approximate surface area is 199 Å². The summed E-state index contributed by atoms with van der Waals surface area (Å²) in [5.41, 5.74) is 1.72. The predicted octanol–water partition coefficient (Wildman–Crippen LogP) is 1.73. The number of carboxylic acid groups (broad SMARTS) is 1. The van der Waals surface area contributed by atoms with Crippen molar-refractivity contribution in [1.29, 1.82) is 0 Å². The third-order valence-electron chi connectivity index (χ3n) is 5.03. The first-order chi connectivity index (χ1) is 16.3. The van der Waals surface area contributed by atoms with Gasteiger partial charge in [-0.1, -0.05) is 56.3 Å². The number of pyridine rings is 1. The lowest BCUT2D eigenvalue weighted by Gasteiger charge is -2.19. The van der Waals surface area contributed by atoms with Crippen molar-refractivity contribution >= 4 is 19.0 Å². The van der Waals surface area contributed by atoms with E-state index >= 15 is 0 Å². The molecule has 0 bridgehead atoms. The Morgan fingerprint density at radius 1 is 0.941 bits per heavy atom. The number of phenols is 1. The van der Waals surface area contributed by atoms with Crippen LogP contribution in [0.2, 0.25) is 0 Å². The van der Waals surface area contributed by atoms with E-state index in [0.717, 1.165) is 11.1 Å². The number of carbonyl (C=O) groups excluding carboxylic acids is 1. The summed E-state index contributed by atoms with van der Waals surface area (Å²) in [6.45, 7) is 4.70. The highest BCUT2D eigenvalue weighted by atomic mass is 16.4. The van der Waals surface area contributed by atoms with Crippen LogP contribution in [-0.4, -0.2) is 45.2 Å². The Morgan fingerprint density at radius 3 is 2.15 bits per heavy atom. The smallest absolute Gasteiger partial charge is 0.475 e. The van der Waals surface area contributed by atoms with Crippen LogP contribution in [0.1, 0.15) is 40.9 Å². The fraction of sp³-hybridized carbons (Fsp3) is 0.240. The Bertz CT molecular complexity index is 1070. The summed E-state index contributed by atoms with van der Waals surface area (Å²) in [6.07, 6.45) is 3.81. The van der Waals surface area contributed by atoms with Gasteiger partial charge in [0.1, 0.15) is 11.3 Å². The molecule has 34 heavy (non-hydrogen) atoms. The molecule has 0 aliphatic carbocycles. The van der Waals surface area contributed by atoms with Gasteiger partial charge in [-0.25, -0.2) is 9.36 Å². The highest BCUT2D eigenvalue weighted by molar-refractivity contribution is 6.43. The van der Waals surface area contributed by atoms with Crippen molar-refractivity contribution < 1.29 is 34.4 Å². The first-order valence-electron chi connectivity index (χ1n) is 11.0. The molecule has 3 aromatic rings. The molecule has 1 amide bonds. The second-order valence-electron chi connectivity index (χ2n) is 7.45. The number of rotatable bonds is 9. The molecular weight excluding hydrogens is 435 g/mol. The quantitative estimate of drug-likeness (QED) is 0.242. The number of hydrogen-bond acceptors (Lipinski definition) is 5. The number of aromatic hydroxyl groups is 1. The minimum absolute atomic E-state index is 0.0309. The number of nitrogens with zero attached hydrogens (tertiary/aromatic N) is 1. The van der Waals surface area contributed by atoms with Crippen LogP contribution in [0.15, 0.2) is 73.1 Å². The van der Waals surface area contributed by atoms with E-state index in [1.54, 1.807) is 0 Å². The van der Waals surface area contributed by atoms with Crippen LogP contribution in [-0.2, 0) is 24.2 Å². The Kier molecular flexibility index (Phi) is 10.3. The number of carboxylic acids is 1. The van der Waals surface area contributed by atoms with Gasteiger partial charge in [0.25, 0.3) is 0 Å². The normalized spacial score (nSPS) is 11.1. The molecule has 178 valence electrons. The fourth-order valence-electron chi connectivity index (χ4n) is 3.35. The lowest BCUT2D eigenvalue weighted by atomic mass is 9.75. The number of nitrogens with one attached hydrogen (secondary N) is 1. The van der Waals surface area contributed by atoms with Crippen molar-refractivity contribution in [3.05, 3.63) is 95.3 Å². The largest absolute Gasteiger partial charge is 0.507 e. The Hall–Kier alpha value is -3.69. The number of aromatic carboxylic acids is 1. The molecule has 8 nitrogen and oxygen atoms in total. The molecule has 1 atom stereocenters. The van der Waals surface area contributed by atoms with E-state index in [1.807, 2.05) is 73.3 Å². The van der Waals surface area contributed by atoms with E-state index in [2.05, 4.69) is 5.32 Å². The van der Waals surface area contributed by atoms with Crippen LogP contribution in [0.4, 0.5) is 0 Å². The standard InChI is InChI=1S/C23H23BN2O6.C2H6/c27-21(13-16-7-9-17(10-8-16)15-26-11-2-1-3-12-26)25-20(24(31)32)14-18-5-4-6-19(22(18)28)23(29)30;1-2/h1-12,20,31-32H,13-15H2,(H2-,25,27,28,29,30);1-2H3/p+1/t20-;/m0./s1. The number of aromatic nitrogens is 1. The van der Waals surface area contributed by atoms with E-state index < -0.39 is 30.7 Å². The van der Waals surface area contributed by atoms with Crippen molar-refractivity contribution in [3.8, 4) is 5.75 Å². The molecule has 0 radical (unpaired) electrons. The molecule has 5 N–H and O–H groups in total. The van der Waals surface area contributed by atoms with E-state index in [0.29, 0.717) is 6.54 Å². The molecular formula is C25H30BN2O6+.